The summed E-state index contributed by atoms with van der Waals surface area (Å²) in [6.45, 7) is 5.79. The monoisotopic (exact) mass is 483 g/mol. The summed E-state index contributed by atoms with van der Waals surface area (Å²) < 4.78 is 0.527. The molecule has 0 atom stereocenters. The van der Waals surface area contributed by atoms with Crippen molar-refractivity contribution in [3.05, 3.63) is 0 Å². The van der Waals surface area contributed by atoms with Gasteiger partial charge in [0.15, 0.2) is 0 Å². The molecule has 0 unspecified atom stereocenters. The second kappa shape index (κ2) is 24.9. The summed E-state index contributed by atoms with van der Waals surface area (Å²) in [5.41, 5.74) is 0. The van der Waals surface area contributed by atoms with E-state index in [0.29, 0.717) is 3.74 Å². The maximum atomic E-state index is 3.50. The minimum absolute atomic E-state index is 0.527. The molecule has 0 aliphatic rings. The van der Waals surface area contributed by atoms with Crippen LogP contribution in [0.4, 0.5) is 0 Å². The van der Waals surface area contributed by atoms with E-state index in [2.05, 4.69) is 64.7 Å². The van der Waals surface area contributed by atoms with Crippen molar-refractivity contribution >= 4 is 31.9 Å². The lowest BCUT2D eigenvalue weighted by atomic mass is 10.1. The molecule has 0 aliphatic heterocycles. The minimum Gasteiger partial charge on any atom is -0.309 e. The van der Waals surface area contributed by atoms with Crippen LogP contribution in [-0.4, -0.2) is 29.3 Å². The minimum atomic E-state index is 0.527. The van der Waals surface area contributed by atoms with Crippen LogP contribution in [0.15, 0.2) is 0 Å². The van der Waals surface area contributed by atoms with Gasteiger partial charge in [0.2, 0.25) is 0 Å². The van der Waals surface area contributed by atoms with Crippen molar-refractivity contribution in [3.63, 3.8) is 0 Å². The summed E-state index contributed by atoms with van der Waals surface area (Å²) in [7, 11) is 4.29. The van der Waals surface area contributed by atoms with Gasteiger partial charge in [-0.1, -0.05) is 136 Å². The molecular formula is C22H47Br2N. The van der Waals surface area contributed by atoms with Crippen LogP contribution >= 0.6 is 31.9 Å². The SMILES string of the molecule is CCCCCCCCCCCC(Br)Br.CCCCCCCCN(C)C. The van der Waals surface area contributed by atoms with Gasteiger partial charge in [-0.15, -0.1) is 0 Å². The topological polar surface area (TPSA) is 3.24 Å². The number of unbranched alkanes of at least 4 members (excludes halogenated alkanes) is 13. The van der Waals surface area contributed by atoms with Gasteiger partial charge in [0, 0.05) is 0 Å². The fourth-order valence-electron chi connectivity index (χ4n) is 2.82. The second-order valence-corrected chi connectivity index (χ2v) is 11.0. The quantitative estimate of drug-likeness (QED) is 0.147. The Balaban J connectivity index is 0. The summed E-state index contributed by atoms with van der Waals surface area (Å²) >= 11 is 7.00. The van der Waals surface area contributed by atoms with Crippen molar-refractivity contribution in [1.29, 1.82) is 0 Å². The Morgan fingerprint density at radius 3 is 1.28 bits per heavy atom. The third-order valence-electron chi connectivity index (χ3n) is 4.48. The molecular weight excluding hydrogens is 438 g/mol. The summed E-state index contributed by atoms with van der Waals surface area (Å²) in [6, 6.07) is 0. The molecule has 0 heterocycles. The molecule has 0 aromatic heterocycles. The number of nitrogens with zero attached hydrogens (tertiary/aromatic N) is 1. The van der Waals surface area contributed by atoms with Gasteiger partial charge in [-0.25, -0.2) is 0 Å². The Morgan fingerprint density at radius 2 is 0.920 bits per heavy atom. The molecule has 0 saturated heterocycles. The predicted octanol–water partition coefficient (Wildman–Crippen LogP) is 8.93. The van der Waals surface area contributed by atoms with Crippen molar-refractivity contribution in [2.45, 2.75) is 120 Å². The molecule has 0 fully saturated rings. The van der Waals surface area contributed by atoms with E-state index in [9.17, 15) is 0 Å². The first kappa shape index (κ1) is 28.1. The molecule has 25 heavy (non-hydrogen) atoms. The van der Waals surface area contributed by atoms with Crippen LogP contribution in [0.1, 0.15) is 117 Å². The zero-order valence-corrected chi connectivity index (χ0v) is 21.0. The van der Waals surface area contributed by atoms with Crippen LogP contribution in [0, 0.1) is 0 Å². The first-order chi connectivity index (χ1) is 12.0. The lowest BCUT2D eigenvalue weighted by Crippen LogP contribution is -2.12. The Bertz CT molecular complexity index is 220. The number of halogens is 2. The lowest BCUT2D eigenvalue weighted by molar-refractivity contribution is 0.389. The largest absolute Gasteiger partial charge is 0.309 e. The molecule has 1 nitrogen and oxygen atoms in total. The number of rotatable bonds is 17. The average molecular weight is 485 g/mol. The Hall–Kier alpha value is 0.920. The standard InChI is InChI=1S/C12H24Br2.C10H23N/c1-2-3-4-5-6-7-8-9-10-11-12(13)14;1-4-5-6-7-8-9-10-11(2)3/h12H,2-11H2,1H3;4-10H2,1-3H3. The van der Waals surface area contributed by atoms with Crippen molar-refractivity contribution in [2.75, 3.05) is 20.6 Å². The third kappa shape index (κ3) is 33.0. The van der Waals surface area contributed by atoms with Gasteiger partial charge in [-0.3, -0.25) is 0 Å². The Labute approximate surface area is 177 Å². The lowest BCUT2D eigenvalue weighted by Gasteiger charge is -2.08. The molecule has 154 valence electrons. The highest BCUT2D eigenvalue weighted by atomic mass is 79.9. The zero-order valence-electron chi connectivity index (χ0n) is 17.8. The van der Waals surface area contributed by atoms with Gasteiger partial charge in [0.25, 0.3) is 0 Å². The molecule has 0 radical (unpaired) electrons. The summed E-state index contributed by atoms with van der Waals surface area (Å²) in [5, 5.41) is 0. The smallest absolute Gasteiger partial charge is 0.0697 e. The van der Waals surface area contributed by atoms with Crippen molar-refractivity contribution in [3.8, 4) is 0 Å². The molecule has 0 amide bonds. The fraction of sp³-hybridized carbons (Fsp3) is 1.00. The maximum absolute atomic E-state index is 3.50. The maximum Gasteiger partial charge on any atom is 0.0697 e. The van der Waals surface area contributed by atoms with Gasteiger partial charge in [0.1, 0.15) is 0 Å². The molecule has 0 spiro atoms. The molecule has 3 heteroatoms. The van der Waals surface area contributed by atoms with Crippen LogP contribution in [0.2, 0.25) is 0 Å². The number of hydrogen-bond donors (Lipinski definition) is 0. The summed E-state index contributed by atoms with van der Waals surface area (Å²) in [5.74, 6) is 0. The fourth-order valence-corrected chi connectivity index (χ4v) is 3.47. The van der Waals surface area contributed by atoms with E-state index in [1.165, 1.54) is 109 Å². The number of hydrogen-bond acceptors (Lipinski definition) is 1. The highest BCUT2D eigenvalue weighted by Crippen LogP contribution is 2.17. The molecule has 0 aromatic carbocycles. The van der Waals surface area contributed by atoms with E-state index in [1.807, 2.05) is 0 Å². The van der Waals surface area contributed by atoms with Crippen molar-refractivity contribution in [1.82, 2.24) is 4.90 Å². The third-order valence-corrected chi connectivity index (χ3v) is 5.40. The molecule has 0 bridgehead atoms. The van der Waals surface area contributed by atoms with E-state index in [-0.39, 0.29) is 0 Å². The van der Waals surface area contributed by atoms with Gasteiger partial charge in [-0.2, -0.15) is 0 Å². The first-order valence-corrected chi connectivity index (χ1v) is 12.8. The normalized spacial score (nSPS) is 11.0. The van der Waals surface area contributed by atoms with Gasteiger partial charge in [0.05, 0.1) is 3.74 Å². The van der Waals surface area contributed by atoms with Crippen LogP contribution in [0.5, 0.6) is 0 Å². The summed E-state index contributed by atoms with van der Waals surface area (Å²) in [4.78, 5) is 2.26. The molecule has 0 aromatic rings. The molecule has 0 N–H and O–H groups in total. The highest BCUT2D eigenvalue weighted by Gasteiger charge is 1.97. The number of alkyl halides is 2. The molecule has 0 aliphatic carbocycles. The van der Waals surface area contributed by atoms with Crippen molar-refractivity contribution in [2.24, 2.45) is 0 Å². The Kier molecular flexibility index (Phi) is 28.0. The summed E-state index contributed by atoms with van der Waals surface area (Å²) in [6.07, 6.45) is 22.5. The van der Waals surface area contributed by atoms with E-state index >= 15 is 0 Å². The van der Waals surface area contributed by atoms with Gasteiger partial charge >= 0.3 is 0 Å². The van der Waals surface area contributed by atoms with Gasteiger partial charge in [-0.05, 0) is 33.5 Å². The van der Waals surface area contributed by atoms with E-state index in [1.54, 1.807) is 0 Å². The highest BCUT2D eigenvalue weighted by molar-refractivity contribution is 9.24. The van der Waals surface area contributed by atoms with Crippen LogP contribution < -0.4 is 0 Å². The van der Waals surface area contributed by atoms with E-state index < -0.39 is 0 Å². The first-order valence-electron chi connectivity index (χ1n) is 11.0. The predicted molar refractivity (Wildman–Crippen MR) is 125 cm³/mol. The van der Waals surface area contributed by atoms with Crippen LogP contribution in [0.25, 0.3) is 0 Å². The van der Waals surface area contributed by atoms with Crippen LogP contribution in [0.3, 0.4) is 0 Å². The average Bonchev–Trinajstić information content (AvgIpc) is 2.56. The van der Waals surface area contributed by atoms with E-state index in [4.69, 9.17) is 0 Å². The van der Waals surface area contributed by atoms with E-state index in [0.717, 1.165) is 0 Å². The Morgan fingerprint density at radius 1 is 0.560 bits per heavy atom. The van der Waals surface area contributed by atoms with Gasteiger partial charge < -0.3 is 4.90 Å². The molecule has 0 saturated carbocycles. The van der Waals surface area contributed by atoms with Crippen LogP contribution in [-0.2, 0) is 0 Å². The second-order valence-electron chi connectivity index (χ2n) is 7.58. The zero-order chi connectivity index (χ0) is 19.2. The molecule has 0 rings (SSSR count). The van der Waals surface area contributed by atoms with Crippen molar-refractivity contribution < 1.29 is 0 Å².